The first-order chi connectivity index (χ1) is 15.4. The summed E-state index contributed by atoms with van der Waals surface area (Å²) in [6.45, 7) is 4.32. The zero-order valence-corrected chi connectivity index (χ0v) is 19.7. The standard InChI is InChI=1S/C28H31NO2S/c1-20-10-14-24(15-11-20)32(30,31)29-27-9-6-18-28(2)25-16-12-22(21-7-4-3-5-8-21)19-23(25)13-17-26(27)28/h3-5,7-8,10-12,14-16,19,26-27,29H,6,9,13,17-18H2,1-2H3/t26-,27+,28+/m1/s1. The maximum Gasteiger partial charge on any atom is 0.240 e. The van der Waals surface area contributed by atoms with Crippen LogP contribution in [0.25, 0.3) is 11.1 Å². The minimum Gasteiger partial charge on any atom is -0.208 e. The van der Waals surface area contributed by atoms with E-state index < -0.39 is 10.0 Å². The third-order valence-electron chi connectivity index (χ3n) is 7.71. The second-order valence-corrected chi connectivity index (χ2v) is 11.4. The largest absolute Gasteiger partial charge is 0.240 e. The number of rotatable bonds is 4. The predicted molar refractivity (Wildman–Crippen MR) is 130 cm³/mol. The Morgan fingerprint density at radius 1 is 0.906 bits per heavy atom. The van der Waals surface area contributed by atoms with Crippen LogP contribution in [0, 0.1) is 12.8 Å². The summed E-state index contributed by atoms with van der Waals surface area (Å²) in [5, 5.41) is 0. The average Bonchev–Trinajstić information content (AvgIpc) is 2.79. The Morgan fingerprint density at radius 3 is 2.41 bits per heavy atom. The van der Waals surface area contributed by atoms with Gasteiger partial charge in [-0.25, -0.2) is 13.1 Å². The molecule has 0 radical (unpaired) electrons. The Morgan fingerprint density at radius 2 is 1.66 bits per heavy atom. The van der Waals surface area contributed by atoms with E-state index in [1.807, 2.05) is 25.1 Å². The molecule has 1 fully saturated rings. The molecule has 4 heteroatoms. The highest BCUT2D eigenvalue weighted by atomic mass is 32.2. The van der Waals surface area contributed by atoms with Crippen molar-refractivity contribution in [2.45, 2.75) is 62.3 Å². The number of sulfonamides is 1. The van der Waals surface area contributed by atoms with E-state index >= 15 is 0 Å². The molecule has 1 saturated carbocycles. The van der Waals surface area contributed by atoms with E-state index in [9.17, 15) is 8.42 Å². The van der Waals surface area contributed by atoms with E-state index in [1.54, 1.807) is 12.1 Å². The van der Waals surface area contributed by atoms with Gasteiger partial charge in [0.25, 0.3) is 0 Å². The van der Waals surface area contributed by atoms with Gasteiger partial charge in [0.05, 0.1) is 4.90 Å². The highest BCUT2D eigenvalue weighted by Crippen LogP contribution is 2.50. The molecule has 0 aromatic heterocycles. The van der Waals surface area contributed by atoms with Gasteiger partial charge in [-0.1, -0.05) is 79.6 Å². The molecule has 2 aliphatic rings. The highest BCUT2D eigenvalue weighted by molar-refractivity contribution is 7.89. The van der Waals surface area contributed by atoms with E-state index in [4.69, 9.17) is 0 Å². The molecule has 5 rings (SSSR count). The van der Waals surface area contributed by atoms with Gasteiger partial charge < -0.3 is 0 Å². The number of aryl methyl sites for hydroxylation is 2. The quantitative estimate of drug-likeness (QED) is 0.534. The Labute approximate surface area is 191 Å². The summed E-state index contributed by atoms with van der Waals surface area (Å²) in [5.74, 6) is 0.312. The smallest absolute Gasteiger partial charge is 0.208 e. The molecule has 1 N–H and O–H groups in total. The van der Waals surface area contributed by atoms with Gasteiger partial charge in [0, 0.05) is 6.04 Å². The summed E-state index contributed by atoms with van der Waals surface area (Å²) >= 11 is 0. The van der Waals surface area contributed by atoms with Gasteiger partial charge in [-0.2, -0.15) is 0 Å². The molecule has 3 nitrogen and oxygen atoms in total. The molecule has 0 unspecified atom stereocenters. The predicted octanol–water partition coefficient (Wildman–Crippen LogP) is 6.01. The molecular formula is C28H31NO2S. The lowest BCUT2D eigenvalue weighted by molar-refractivity contribution is 0.143. The lowest BCUT2D eigenvalue weighted by Crippen LogP contribution is -2.53. The maximum absolute atomic E-state index is 13.1. The van der Waals surface area contributed by atoms with E-state index in [-0.39, 0.29) is 11.5 Å². The van der Waals surface area contributed by atoms with Crippen LogP contribution in [0.5, 0.6) is 0 Å². The average molecular weight is 446 g/mol. The normalized spacial score (nSPS) is 25.1. The summed E-state index contributed by atoms with van der Waals surface area (Å²) in [5.41, 5.74) is 6.41. The first kappa shape index (κ1) is 21.4. The lowest BCUT2D eigenvalue weighted by Gasteiger charge is -2.50. The summed E-state index contributed by atoms with van der Waals surface area (Å²) < 4.78 is 29.3. The highest BCUT2D eigenvalue weighted by Gasteiger charge is 2.47. The third-order valence-corrected chi connectivity index (χ3v) is 9.21. The third kappa shape index (κ3) is 3.80. The van der Waals surface area contributed by atoms with E-state index in [2.05, 4.69) is 54.1 Å². The van der Waals surface area contributed by atoms with Crippen molar-refractivity contribution >= 4 is 10.0 Å². The van der Waals surface area contributed by atoms with Crippen LogP contribution < -0.4 is 4.72 Å². The Bertz CT molecular complexity index is 1220. The first-order valence-corrected chi connectivity index (χ1v) is 13.1. The molecule has 0 bridgehead atoms. The van der Waals surface area contributed by atoms with Crippen molar-refractivity contribution in [3.63, 3.8) is 0 Å². The lowest BCUT2D eigenvalue weighted by atomic mass is 9.56. The molecule has 0 amide bonds. The summed E-state index contributed by atoms with van der Waals surface area (Å²) in [6.07, 6.45) is 5.07. The first-order valence-electron chi connectivity index (χ1n) is 11.6. The Balaban J connectivity index is 1.44. The summed E-state index contributed by atoms with van der Waals surface area (Å²) in [6, 6.07) is 24.5. The van der Waals surface area contributed by atoms with Gasteiger partial charge in [-0.15, -0.1) is 0 Å². The van der Waals surface area contributed by atoms with Crippen molar-refractivity contribution in [2.24, 2.45) is 5.92 Å². The Kier molecular flexibility index (Phi) is 5.47. The van der Waals surface area contributed by atoms with Crippen molar-refractivity contribution in [2.75, 3.05) is 0 Å². The fraction of sp³-hybridized carbons (Fsp3) is 0.357. The Hall–Kier alpha value is -2.43. The van der Waals surface area contributed by atoms with Crippen LogP contribution in [0.1, 0.15) is 49.3 Å². The van der Waals surface area contributed by atoms with Crippen LogP contribution >= 0.6 is 0 Å². The van der Waals surface area contributed by atoms with Gasteiger partial charge in [-0.05, 0) is 78.3 Å². The second kappa shape index (κ2) is 8.17. The maximum atomic E-state index is 13.1. The molecule has 0 aliphatic heterocycles. The topological polar surface area (TPSA) is 46.2 Å². The number of hydrogen-bond donors (Lipinski definition) is 1. The van der Waals surface area contributed by atoms with Crippen molar-refractivity contribution < 1.29 is 8.42 Å². The van der Waals surface area contributed by atoms with E-state index in [0.29, 0.717) is 10.8 Å². The molecule has 3 aromatic rings. The number of fused-ring (bicyclic) bond motifs is 3. The van der Waals surface area contributed by atoms with Crippen LogP contribution in [-0.2, 0) is 21.9 Å². The van der Waals surface area contributed by atoms with Crippen molar-refractivity contribution in [1.29, 1.82) is 0 Å². The zero-order chi connectivity index (χ0) is 22.3. The van der Waals surface area contributed by atoms with Gasteiger partial charge in [-0.3, -0.25) is 0 Å². The van der Waals surface area contributed by atoms with Gasteiger partial charge in [0.15, 0.2) is 0 Å². The van der Waals surface area contributed by atoms with Gasteiger partial charge >= 0.3 is 0 Å². The van der Waals surface area contributed by atoms with Crippen molar-refractivity contribution in [3.8, 4) is 11.1 Å². The molecule has 3 aromatic carbocycles. The number of hydrogen-bond acceptors (Lipinski definition) is 2. The molecule has 0 heterocycles. The molecule has 3 atom stereocenters. The van der Waals surface area contributed by atoms with Crippen LogP contribution in [-0.4, -0.2) is 14.5 Å². The second-order valence-electron chi connectivity index (χ2n) is 9.73. The molecule has 2 aliphatic carbocycles. The molecule has 32 heavy (non-hydrogen) atoms. The van der Waals surface area contributed by atoms with Gasteiger partial charge in [0.2, 0.25) is 10.0 Å². The minimum atomic E-state index is -3.52. The fourth-order valence-electron chi connectivity index (χ4n) is 5.98. The van der Waals surface area contributed by atoms with E-state index in [1.165, 1.54) is 22.3 Å². The van der Waals surface area contributed by atoms with Crippen LogP contribution in [0.2, 0.25) is 0 Å². The zero-order valence-electron chi connectivity index (χ0n) is 18.8. The van der Waals surface area contributed by atoms with Crippen LogP contribution in [0.3, 0.4) is 0 Å². The van der Waals surface area contributed by atoms with Crippen LogP contribution in [0.15, 0.2) is 77.7 Å². The number of benzene rings is 3. The monoisotopic (exact) mass is 445 g/mol. The molecule has 0 saturated heterocycles. The minimum absolute atomic E-state index is 0.00150. The van der Waals surface area contributed by atoms with Crippen molar-refractivity contribution in [3.05, 3.63) is 89.5 Å². The molecular weight excluding hydrogens is 414 g/mol. The van der Waals surface area contributed by atoms with E-state index in [0.717, 1.165) is 37.7 Å². The van der Waals surface area contributed by atoms with Crippen LogP contribution in [0.4, 0.5) is 0 Å². The summed E-state index contributed by atoms with van der Waals surface area (Å²) in [4.78, 5) is 0.360. The fourth-order valence-corrected chi connectivity index (χ4v) is 7.29. The summed E-state index contributed by atoms with van der Waals surface area (Å²) in [7, 11) is -3.52. The van der Waals surface area contributed by atoms with Crippen molar-refractivity contribution in [1.82, 2.24) is 4.72 Å². The van der Waals surface area contributed by atoms with Gasteiger partial charge in [0.1, 0.15) is 0 Å². The molecule has 0 spiro atoms. The number of nitrogens with one attached hydrogen (secondary N) is 1. The SMILES string of the molecule is Cc1ccc(S(=O)(=O)N[C@H]2CCC[C@@]3(C)c4ccc(-c5ccccc5)cc4CC[C@H]23)cc1. The molecule has 166 valence electrons.